The maximum Gasteiger partial charge on any atom is 0.341 e. The van der Waals surface area contributed by atoms with Crippen LogP contribution >= 0.6 is 0 Å². The molecule has 0 aliphatic rings. The monoisotopic (exact) mass is 309 g/mol. The van der Waals surface area contributed by atoms with Gasteiger partial charge in [0.2, 0.25) is 0 Å². The van der Waals surface area contributed by atoms with Gasteiger partial charge in [0.1, 0.15) is 0 Å². The van der Waals surface area contributed by atoms with Crippen LogP contribution in [0.5, 0.6) is 11.5 Å². The Morgan fingerprint density at radius 2 is 1.86 bits per heavy atom. The topological polar surface area (TPSA) is 76.1 Å². The Morgan fingerprint density at radius 1 is 1.18 bits per heavy atom. The van der Waals surface area contributed by atoms with Crippen molar-refractivity contribution in [2.75, 3.05) is 19.8 Å². The molecular formula is C16H23NO5. The third-order valence-corrected chi connectivity index (χ3v) is 3.07. The number of benzene rings is 1. The lowest BCUT2D eigenvalue weighted by Crippen LogP contribution is -2.36. The number of carbonyl (C=O) groups is 2. The maximum atomic E-state index is 12.5. The molecule has 0 aromatic heterocycles. The van der Waals surface area contributed by atoms with Crippen molar-refractivity contribution in [3.63, 3.8) is 0 Å². The molecule has 0 aliphatic heterocycles. The van der Waals surface area contributed by atoms with Gasteiger partial charge in [0.05, 0.1) is 6.61 Å². The van der Waals surface area contributed by atoms with E-state index in [1.165, 1.54) is 0 Å². The number of rotatable bonds is 8. The molecule has 1 rings (SSSR count). The summed E-state index contributed by atoms with van der Waals surface area (Å²) >= 11 is 0. The minimum atomic E-state index is -1.07. The van der Waals surface area contributed by atoms with Crippen LogP contribution in [0.2, 0.25) is 0 Å². The van der Waals surface area contributed by atoms with Gasteiger partial charge in [0.15, 0.2) is 18.1 Å². The van der Waals surface area contributed by atoms with Crippen molar-refractivity contribution in [1.82, 2.24) is 4.90 Å². The molecule has 1 amide bonds. The first kappa shape index (κ1) is 17.8. The first-order valence-corrected chi connectivity index (χ1v) is 7.33. The molecular weight excluding hydrogens is 286 g/mol. The summed E-state index contributed by atoms with van der Waals surface area (Å²) in [6, 6.07) is 4.87. The van der Waals surface area contributed by atoms with E-state index >= 15 is 0 Å². The molecule has 0 fully saturated rings. The van der Waals surface area contributed by atoms with Gasteiger partial charge < -0.3 is 19.5 Å². The van der Waals surface area contributed by atoms with Crippen LogP contribution in [0, 0.1) is 0 Å². The molecule has 0 unspecified atom stereocenters. The summed E-state index contributed by atoms with van der Waals surface area (Å²) in [6.45, 7) is 8.18. The fourth-order valence-corrected chi connectivity index (χ4v) is 2.08. The van der Waals surface area contributed by atoms with E-state index in [1.54, 1.807) is 23.1 Å². The van der Waals surface area contributed by atoms with E-state index in [2.05, 4.69) is 0 Å². The maximum absolute atomic E-state index is 12.5. The van der Waals surface area contributed by atoms with Gasteiger partial charge in [0.25, 0.3) is 5.91 Å². The van der Waals surface area contributed by atoms with Crippen LogP contribution in [0.15, 0.2) is 18.2 Å². The van der Waals surface area contributed by atoms with E-state index in [-0.39, 0.29) is 11.9 Å². The highest BCUT2D eigenvalue weighted by Gasteiger charge is 2.19. The Balaban J connectivity index is 3.05. The van der Waals surface area contributed by atoms with Crippen molar-refractivity contribution in [2.45, 2.75) is 33.7 Å². The molecule has 0 aliphatic carbocycles. The molecule has 1 aromatic rings. The molecule has 0 heterocycles. The predicted octanol–water partition coefficient (Wildman–Crippen LogP) is 2.42. The van der Waals surface area contributed by atoms with E-state index in [0.717, 1.165) is 0 Å². The Bertz CT molecular complexity index is 527. The number of ether oxygens (including phenoxy) is 2. The summed E-state index contributed by atoms with van der Waals surface area (Å²) in [7, 11) is 0. The zero-order valence-corrected chi connectivity index (χ0v) is 13.5. The smallest absolute Gasteiger partial charge is 0.341 e. The third-order valence-electron chi connectivity index (χ3n) is 3.07. The van der Waals surface area contributed by atoms with Gasteiger partial charge >= 0.3 is 5.97 Å². The molecule has 22 heavy (non-hydrogen) atoms. The highest BCUT2D eigenvalue weighted by Crippen LogP contribution is 2.29. The Labute approximate surface area is 130 Å². The van der Waals surface area contributed by atoms with Gasteiger partial charge in [-0.2, -0.15) is 0 Å². The van der Waals surface area contributed by atoms with Gasteiger partial charge in [-0.05, 0) is 45.9 Å². The number of nitrogens with zero attached hydrogens (tertiary/aromatic N) is 1. The predicted molar refractivity (Wildman–Crippen MR) is 82.6 cm³/mol. The molecule has 1 N–H and O–H groups in total. The van der Waals surface area contributed by atoms with E-state index in [4.69, 9.17) is 14.6 Å². The van der Waals surface area contributed by atoms with E-state index in [1.807, 2.05) is 27.7 Å². The zero-order valence-electron chi connectivity index (χ0n) is 13.5. The van der Waals surface area contributed by atoms with Crippen molar-refractivity contribution in [3.05, 3.63) is 23.8 Å². The van der Waals surface area contributed by atoms with Crippen LogP contribution < -0.4 is 9.47 Å². The summed E-state index contributed by atoms with van der Waals surface area (Å²) in [4.78, 5) is 24.8. The number of carboxylic acid groups (broad SMARTS) is 1. The Morgan fingerprint density at radius 3 is 2.36 bits per heavy atom. The molecule has 122 valence electrons. The average molecular weight is 309 g/mol. The number of aliphatic carboxylic acids is 1. The summed E-state index contributed by atoms with van der Waals surface area (Å²) < 4.78 is 10.6. The number of hydrogen-bond donors (Lipinski definition) is 1. The average Bonchev–Trinajstić information content (AvgIpc) is 2.46. The minimum Gasteiger partial charge on any atom is -0.490 e. The third kappa shape index (κ3) is 4.65. The van der Waals surface area contributed by atoms with Gasteiger partial charge in [-0.25, -0.2) is 4.79 Å². The molecule has 0 spiro atoms. The van der Waals surface area contributed by atoms with Crippen molar-refractivity contribution in [1.29, 1.82) is 0 Å². The molecule has 0 saturated carbocycles. The van der Waals surface area contributed by atoms with Crippen LogP contribution in [-0.2, 0) is 4.79 Å². The van der Waals surface area contributed by atoms with E-state index in [0.29, 0.717) is 30.2 Å². The van der Waals surface area contributed by atoms with Gasteiger partial charge in [-0.15, -0.1) is 0 Å². The fourth-order valence-electron chi connectivity index (χ4n) is 2.08. The standard InChI is InChI=1S/C16H23NO5/c1-5-17(11(3)4)16(20)12-7-8-13(22-10-15(18)19)14(9-12)21-6-2/h7-9,11H,5-6,10H2,1-4H3,(H,18,19). The number of carbonyl (C=O) groups excluding carboxylic acids is 1. The Hall–Kier alpha value is -2.24. The van der Waals surface area contributed by atoms with Crippen LogP contribution in [0.1, 0.15) is 38.1 Å². The summed E-state index contributed by atoms with van der Waals surface area (Å²) in [5.41, 5.74) is 0.488. The minimum absolute atomic E-state index is 0.0935. The first-order valence-electron chi connectivity index (χ1n) is 7.33. The number of hydrogen-bond acceptors (Lipinski definition) is 4. The highest BCUT2D eigenvalue weighted by molar-refractivity contribution is 5.95. The van der Waals surface area contributed by atoms with Crippen LogP contribution in [0.4, 0.5) is 0 Å². The van der Waals surface area contributed by atoms with E-state index in [9.17, 15) is 9.59 Å². The first-order chi connectivity index (χ1) is 10.4. The molecule has 0 atom stereocenters. The van der Waals surface area contributed by atoms with Gasteiger partial charge in [-0.3, -0.25) is 4.79 Å². The molecule has 0 bridgehead atoms. The summed E-state index contributed by atoms with van der Waals surface area (Å²) in [5, 5.41) is 8.68. The van der Waals surface area contributed by atoms with Crippen LogP contribution in [-0.4, -0.2) is 47.7 Å². The number of carboxylic acids is 1. The lowest BCUT2D eigenvalue weighted by Gasteiger charge is -2.25. The lowest BCUT2D eigenvalue weighted by molar-refractivity contribution is -0.139. The Kier molecular flexibility index (Phi) is 6.69. The van der Waals surface area contributed by atoms with Crippen LogP contribution in [0.3, 0.4) is 0 Å². The second-order valence-electron chi connectivity index (χ2n) is 4.96. The van der Waals surface area contributed by atoms with Crippen LogP contribution in [0.25, 0.3) is 0 Å². The lowest BCUT2D eigenvalue weighted by atomic mass is 10.1. The molecule has 6 nitrogen and oxygen atoms in total. The van der Waals surface area contributed by atoms with Crippen molar-refractivity contribution in [2.24, 2.45) is 0 Å². The fraction of sp³-hybridized carbons (Fsp3) is 0.500. The van der Waals surface area contributed by atoms with E-state index < -0.39 is 12.6 Å². The van der Waals surface area contributed by atoms with Gasteiger partial charge in [0, 0.05) is 18.2 Å². The highest BCUT2D eigenvalue weighted by atomic mass is 16.5. The quantitative estimate of drug-likeness (QED) is 0.798. The summed E-state index contributed by atoms with van der Waals surface area (Å²) in [6.07, 6.45) is 0. The largest absolute Gasteiger partial charge is 0.490 e. The summed E-state index contributed by atoms with van der Waals surface area (Å²) in [5.74, 6) is -0.481. The van der Waals surface area contributed by atoms with Crippen molar-refractivity contribution >= 4 is 11.9 Å². The van der Waals surface area contributed by atoms with Crippen molar-refractivity contribution in [3.8, 4) is 11.5 Å². The molecule has 1 aromatic carbocycles. The van der Waals surface area contributed by atoms with Crippen molar-refractivity contribution < 1.29 is 24.2 Å². The van der Waals surface area contributed by atoms with Gasteiger partial charge in [-0.1, -0.05) is 0 Å². The molecule has 0 radical (unpaired) electrons. The second kappa shape index (κ2) is 8.26. The molecule has 0 saturated heterocycles. The normalized spacial score (nSPS) is 10.4. The molecule has 6 heteroatoms. The number of amides is 1. The second-order valence-corrected chi connectivity index (χ2v) is 4.96. The SMILES string of the molecule is CCOc1cc(C(=O)N(CC)C(C)C)ccc1OCC(=O)O. The zero-order chi connectivity index (χ0) is 16.7.